The van der Waals surface area contributed by atoms with Crippen LogP contribution in [0.15, 0.2) is 18.2 Å². The average Bonchev–Trinajstić information content (AvgIpc) is 2.15. The van der Waals surface area contributed by atoms with Gasteiger partial charge in [-0.25, -0.2) is 0 Å². The molecule has 0 heterocycles. The number of hydrogen-bond acceptors (Lipinski definition) is 1. The summed E-state index contributed by atoms with van der Waals surface area (Å²) in [6.45, 7) is 6.12. The van der Waals surface area contributed by atoms with Crippen LogP contribution < -0.4 is 0 Å². The van der Waals surface area contributed by atoms with Gasteiger partial charge in [-0.2, -0.15) is 5.26 Å². The van der Waals surface area contributed by atoms with Gasteiger partial charge in [0.25, 0.3) is 0 Å². The van der Waals surface area contributed by atoms with Gasteiger partial charge in [-0.15, -0.1) is 0 Å². The minimum Gasteiger partial charge on any atom is -0.198 e. The van der Waals surface area contributed by atoms with E-state index in [1.54, 1.807) is 0 Å². The molecule has 14 heavy (non-hydrogen) atoms. The van der Waals surface area contributed by atoms with Gasteiger partial charge in [0.05, 0.1) is 12.0 Å². The fourth-order valence-electron chi connectivity index (χ4n) is 1.29. The van der Waals surface area contributed by atoms with E-state index in [0.29, 0.717) is 10.9 Å². The highest BCUT2D eigenvalue weighted by atomic mass is 35.5. The molecule has 0 aliphatic heterocycles. The van der Waals surface area contributed by atoms with Crippen molar-refractivity contribution in [3.63, 3.8) is 0 Å². The first-order chi connectivity index (χ1) is 6.54. The van der Waals surface area contributed by atoms with Crippen LogP contribution in [0.4, 0.5) is 0 Å². The maximum absolute atomic E-state index is 8.82. The molecule has 1 rings (SSSR count). The van der Waals surface area contributed by atoms with E-state index < -0.39 is 0 Å². The molecule has 0 N–H and O–H groups in total. The molecule has 0 fully saturated rings. The van der Waals surface area contributed by atoms with Crippen LogP contribution in [0.2, 0.25) is 5.02 Å². The number of nitrogens with zero attached hydrogens (tertiary/aromatic N) is 1. The van der Waals surface area contributed by atoms with Crippen molar-refractivity contribution in [2.45, 2.75) is 32.6 Å². The van der Waals surface area contributed by atoms with Crippen LogP contribution in [0.5, 0.6) is 0 Å². The summed E-state index contributed by atoms with van der Waals surface area (Å²) >= 11 is 5.99. The molecule has 1 aromatic carbocycles. The molecule has 2 heteroatoms. The second-order valence-electron chi connectivity index (χ2n) is 3.82. The highest BCUT2D eigenvalue weighted by Crippen LogP contribution is 2.25. The Morgan fingerprint density at radius 3 is 2.21 bits per heavy atom. The maximum atomic E-state index is 8.82. The molecule has 74 valence electrons. The Bertz CT molecular complexity index is 363. The molecule has 0 saturated carbocycles. The van der Waals surface area contributed by atoms with Crippen LogP contribution in [0.25, 0.3) is 0 Å². The predicted molar refractivity (Wildman–Crippen MR) is 59.6 cm³/mol. The van der Waals surface area contributed by atoms with E-state index in [1.807, 2.05) is 19.1 Å². The van der Waals surface area contributed by atoms with Crippen molar-refractivity contribution in [3.8, 4) is 6.07 Å². The Morgan fingerprint density at radius 1 is 1.14 bits per heavy atom. The minimum atomic E-state index is -0.0915. The first kappa shape index (κ1) is 11.1. The fourth-order valence-corrected chi connectivity index (χ4v) is 1.55. The van der Waals surface area contributed by atoms with Gasteiger partial charge < -0.3 is 0 Å². The Morgan fingerprint density at radius 2 is 1.71 bits per heavy atom. The number of nitriles is 1. The van der Waals surface area contributed by atoms with Gasteiger partial charge in [0, 0.05) is 5.02 Å². The van der Waals surface area contributed by atoms with Crippen LogP contribution >= 0.6 is 11.6 Å². The lowest BCUT2D eigenvalue weighted by atomic mass is 9.96. The predicted octanol–water partition coefficient (Wildman–Crippen LogP) is 4.09. The zero-order chi connectivity index (χ0) is 10.7. The van der Waals surface area contributed by atoms with Crippen molar-refractivity contribution in [1.82, 2.24) is 0 Å². The summed E-state index contributed by atoms with van der Waals surface area (Å²) in [5.41, 5.74) is 2.19. The minimum absolute atomic E-state index is 0.0915. The summed E-state index contributed by atoms with van der Waals surface area (Å²) in [6.07, 6.45) is 0. The lowest BCUT2D eigenvalue weighted by molar-refractivity contribution is 0.857. The molecule has 1 aromatic rings. The number of hydrogen-bond donors (Lipinski definition) is 0. The molecule has 0 saturated heterocycles. The van der Waals surface area contributed by atoms with Crippen LogP contribution in [0.3, 0.4) is 0 Å². The van der Waals surface area contributed by atoms with E-state index >= 15 is 0 Å². The monoisotopic (exact) mass is 207 g/mol. The van der Waals surface area contributed by atoms with Crippen LogP contribution in [-0.2, 0) is 0 Å². The van der Waals surface area contributed by atoms with Crippen molar-refractivity contribution < 1.29 is 0 Å². The maximum Gasteiger partial charge on any atom is 0.0700 e. The largest absolute Gasteiger partial charge is 0.198 e. The summed E-state index contributed by atoms with van der Waals surface area (Å²) in [5, 5.41) is 9.53. The molecule has 0 amide bonds. The summed E-state index contributed by atoms with van der Waals surface area (Å²) < 4.78 is 0. The third-order valence-electron chi connectivity index (χ3n) is 2.30. The summed E-state index contributed by atoms with van der Waals surface area (Å²) in [6, 6.07) is 8.10. The number of rotatable bonds is 2. The lowest BCUT2D eigenvalue weighted by Gasteiger charge is -2.10. The van der Waals surface area contributed by atoms with Crippen LogP contribution in [-0.4, -0.2) is 0 Å². The molecule has 1 nitrogen and oxygen atoms in total. The molecule has 0 aromatic heterocycles. The quantitative estimate of drug-likeness (QED) is 0.717. The molecule has 1 unspecified atom stereocenters. The third-order valence-corrected chi connectivity index (χ3v) is 2.52. The van der Waals surface area contributed by atoms with Crippen LogP contribution in [0, 0.1) is 11.3 Å². The van der Waals surface area contributed by atoms with Crippen molar-refractivity contribution in [2.24, 2.45) is 0 Å². The van der Waals surface area contributed by atoms with Gasteiger partial charge >= 0.3 is 0 Å². The average molecular weight is 208 g/mol. The van der Waals surface area contributed by atoms with Gasteiger partial charge in [0.1, 0.15) is 0 Å². The lowest BCUT2D eigenvalue weighted by Crippen LogP contribution is -1.94. The Balaban J connectivity index is 3.15. The molecule has 1 atom stereocenters. The molecule has 0 aliphatic rings. The third kappa shape index (κ3) is 2.49. The van der Waals surface area contributed by atoms with E-state index in [0.717, 1.165) is 5.56 Å². The van der Waals surface area contributed by atoms with Crippen molar-refractivity contribution in [2.75, 3.05) is 0 Å². The highest BCUT2D eigenvalue weighted by Gasteiger charge is 2.08. The summed E-state index contributed by atoms with van der Waals surface area (Å²) in [7, 11) is 0. The molecule has 0 radical (unpaired) electrons. The Labute approximate surface area is 90.3 Å². The molecule has 0 bridgehead atoms. The van der Waals surface area contributed by atoms with E-state index in [4.69, 9.17) is 16.9 Å². The van der Waals surface area contributed by atoms with Gasteiger partial charge in [0.2, 0.25) is 0 Å². The molecular formula is C12H14ClN. The zero-order valence-electron chi connectivity index (χ0n) is 8.71. The second kappa shape index (κ2) is 4.48. The number of halogens is 1. The molecule has 0 aliphatic carbocycles. The molecule has 0 spiro atoms. The Kier molecular flexibility index (Phi) is 3.55. The summed E-state index contributed by atoms with van der Waals surface area (Å²) in [4.78, 5) is 0. The van der Waals surface area contributed by atoms with E-state index in [2.05, 4.69) is 26.0 Å². The van der Waals surface area contributed by atoms with Crippen LogP contribution in [0.1, 0.15) is 43.7 Å². The standard InChI is InChI=1S/C12H14ClN/c1-8(2)10-4-11(9(3)7-14)6-12(13)5-10/h4-6,8-9H,1-3H3. The highest BCUT2D eigenvalue weighted by molar-refractivity contribution is 6.30. The van der Waals surface area contributed by atoms with E-state index in [9.17, 15) is 0 Å². The number of benzene rings is 1. The normalized spacial score (nSPS) is 12.6. The topological polar surface area (TPSA) is 23.8 Å². The van der Waals surface area contributed by atoms with Crippen molar-refractivity contribution in [1.29, 1.82) is 5.26 Å². The van der Waals surface area contributed by atoms with E-state index in [1.165, 1.54) is 5.56 Å². The van der Waals surface area contributed by atoms with Gasteiger partial charge in [-0.1, -0.05) is 31.5 Å². The summed E-state index contributed by atoms with van der Waals surface area (Å²) in [5.74, 6) is 0.351. The fraction of sp³-hybridized carbons (Fsp3) is 0.417. The first-order valence-corrected chi connectivity index (χ1v) is 5.12. The smallest absolute Gasteiger partial charge is 0.0700 e. The second-order valence-corrected chi connectivity index (χ2v) is 4.26. The first-order valence-electron chi connectivity index (χ1n) is 4.74. The SMILES string of the molecule is CC(C)c1cc(Cl)cc(C(C)C#N)c1. The Hall–Kier alpha value is -1.00. The van der Waals surface area contributed by atoms with Crippen molar-refractivity contribution in [3.05, 3.63) is 34.3 Å². The van der Waals surface area contributed by atoms with Crippen molar-refractivity contribution >= 4 is 11.6 Å². The van der Waals surface area contributed by atoms with Gasteiger partial charge in [-0.3, -0.25) is 0 Å². The van der Waals surface area contributed by atoms with E-state index in [-0.39, 0.29) is 5.92 Å². The zero-order valence-corrected chi connectivity index (χ0v) is 9.47. The van der Waals surface area contributed by atoms with Gasteiger partial charge in [-0.05, 0) is 36.1 Å². The molecular weight excluding hydrogens is 194 g/mol. The van der Waals surface area contributed by atoms with Gasteiger partial charge in [0.15, 0.2) is 0 Å².